The average Bonchev–Trinajstić information content (AvgIpc) is 2.79. The van der Waals surface area contributed by atoms with E-state index in [0.29, 0.717) is 22.9 Å². The van der Waals surface area contributed by atoms with E-state index in [-0.39, 0.29) is 24.1 Å². The van der Waals surface area contributed by atoms with Gasteiger partial charge in [0.15, 0.2) is 5.78 Å². The summed E-state index contributed by atoms with van der Waals surface area (Å²) in [6.45, 7) is 2.55. The number of para-hydroxylation sites is 1. The van der Waals surface area contributed by atoms with Crippen molar-refractivity contribution in [1.29, 1.82) is 0 Å². The van der Waals surface area contributed by atoms with Crippen molar-refractivity contribution in [2.75, 3.05) is 26.2 Å². The Balaban J connectivity index is 1.25. The predicted octanol–water partition coefficient (Wildman–Crippen LogP) is 2.24. The van der Waals surface area contributed by atoms with Crippen molar-refractivity contribution < 1.29 is 14.0 Å². The fraction of sp³-hybridized carbons (Fsp3) is 0.348. The lowest BCUT2D eigenvalue weighted by Gasteiger charge is -2.31. The second-order valence-electron chi connectivity index (χ2n) is 7.75. The maximum absolute atomic E-state index is 13.0. The number of piperidine rings is 1. The zero-order valence-electron chi connectivity index (χ0n) is 17.1. The fourth-order valence-electron chi connectivity index (χ4n) is 3.98. The minimum absolute atomic E-state index is 0.0484. The molecule has 1 aliphatic heterocycles. The van der Waals surface area contributed by atoms with Gasteiger partial charge in [-0.1, -0.05) is 16.9 Å². The van der Waals surface area contributed by atoms with Crippen LogP contribution in [0.3, 0.4) is 0 Å². The number of benzene rings is 2. The number of likely N-dealkylation sites (tertiary alicyclic amines) is 1. The van der Waals surface area contributed by atoms with Gasteiger partial charge in [0.2, 0.25) is 0 Å². The zero-order valence-corrected chi connectivity index (χ0v) is 17.1. The first kappa shape index (κ1) is 21.0. The molecule has 1 saturated heterocycles. The number of hydrogen-bond acceptors (Lipinski definition) is 5. The van der Waals surface area contributed by atoms with Crippen molar-refractivity contribution in [1.82, 2.24) is 14.6 Å². The highest BCUT2D eigenvalue weighted by molar-refractivity contribution is 5.97. The number of rotatable bonds is 7. The monoisotopic (exact) mass is 425 g/mol. The average molecular weight is 425 g/mol. The van der Waals surface area contributed by atoms with Crippen LogP contribution in [-0.2, 0) is 0 Å². The molecule has 1 N–H and O–H groups in total. The largest absolute Gasteiger partial charge is 0.406 e. The van der Waals surface area contributed by atoms with E-state index in [1.165, 1.54) is 24.3 Å². The van der Waals surface area contributed by atoms with Crippen LogP contribution in [0.1, 0.15) is 29.6 Å². The number of halogens is 1. The molecular formula is C23H24FN3O4. The quantitative estimate of drug-likeness (QED) is 0.464. The van der Waals surface area contributed by atoms with Crippen LogP contribution in [0.4, 0.5) is 4.39 Å². The lowest BCUT2D eigenvalue weighted by atomic mass is 9.89. The van der Waals surface area contributed by atoms with E-state index in [0.717, 1.165) is 37.2 Å². The molecule has 0 unspecified atom stereocenters. The van der Waals surface area contributed by atoms with E-state index in [1.54, 1.807) is 24.3 Å². The predicted molar refractivity (Wildman–Crippen MR) is 115 cm³/mol. The van der Waals surface area contributed by atoms with Crippen LogP contribution in [-0.4, -0.2) is 46.6 Å². The van der Waals surface area contributed by atoms with Gasteiger partial charge >= 0.3 is 5.69 Å². The summed E-state index contributed by atoms with van der Waals surface area (Å²) in [5, 5.41) is 0.398. The van der Waals surface area contributed by atoms with E-state index in [2.05, 4.69) is 9.88 Å². The van der Waals surface area contributed by atoms with Gasteiger partial charge in [0.25, 0.3) is 5.56 Å². The van der Waals surface area contributed by atoms with Gasteiger partial charge in [-0.25, -0.2) is 9.18 Å². The van der Waals surface area contributed by atoms with Crippen molar-refractivity contribution in [2.24, 2.45) is 5.92 Å². The highest BCUT2D eigenvalue weighted by Crippen LogP contribution is 2.22. The van der Waals surface area contributed by atoms with Gasteiger partial charge in [-0.05, 0) is 68.8 Å². The third-order valence-corrected chi connectivity index (χ3v) is 5.69. The molecule has 8 heteroatoms. The molecule has 162 valence electrons. The number of Topliss-reactive ketones (excluding diaryl/α,β-unsaturated/α-hetero) is 1. The van der Waals surface area contributed by atoms with Gasteiger partial charge in [-0.3, -0.25) is 9.59 Å². The molecule has 0 bridgehead atoms. The zero-order chi connectivity index (χ0) is 21.8. The third-order valence-electron chi connectivity index (χ3n) is 5.69. The van der Waals surface area contributed by atoms with Crippen LogP contribution < -0.4 is 16.1 Å². The fourth-order valence-corrected chi connectivity index (χ4v) is 3.98. The lowest BCUT2D eigenvalue weighted by molar-refractivity contribution is 0.0742. The third kappa shape index (κ3) is 4.74. The second kappa shape index (κ2) is 9.26. The molecular weight excluding hydrogens is 401 g/mol. The van der Waals surface area contributed by atoms with Crippen molar-refractivity contribution >= 4 is 16.7 Å². The molecule has 0 spiro atoms. The molecule has 7 nitrogen and oxygen atoms in total. The Morgan fingerprint density at radius 3 is 2.52 bits per heavy atom. The van der Waals surface area contributed by atoms with Crippen LogP contribution in [0.25, 0.3) is 10.9 Å². The molecule has 0 aliphatic carbocycles. The van der Waals surface area contributed by atoms with Crippen molar-refractivity contribution in [3.8, 4) is 0 Å². The summed E-state index contributed by atoms with van der Waals surface area (Å²) in [4.78, 5) is 47.4. The number of carbonyl (C=O) groups is 1. The van der Waals surface area contributed by atoms with Crippen LogP contribution in [0.15, 0.2) is 58.1 Å². The highest BCUT2D eigenvalue weighted by atomic mass is 19.1. The van der Waals surface area contributed by atoms with Gasteiger partial charge in [0, 0.05) is 18.0 Å². The number of nitrogens with zero attached hydrogens (tertiary/aromatic N) is 2. The standard InChI is InChI=1S/C23H24FN3O4/c24-18-8-6-16(7-9-18)21(28)17-10-13-26(14-11-17)12-3-15-31-27-22(29)19-4-1-2-5-20(19)25-23(27)30/h1-2,4-9,17H,3,10-15H2,(H,25,30). The Labute approximate surface area is 178 Å². The first-order valence-corrected chi connectivity index (χ1v) is 10.4. The van der Waals surface area contributed by atoms with Crippen molar-refractivity contribution in [3.05, 3.63) is 80.7 Å². The topological polar surface area (TPSA) is 84.4 Å². The van der Waals surface area contributed by atoms with Gasteiger partial charge in [0.05, 0.1) is 10.9 Å². The van der Waals surface area contributed by atoms with Crippen molar-refractivity contribution in [2.45, 2.75) is 19.3 Å². The summed E-state index contributed by atoms with van der Waals surface area (Å²) < 4.78 is 13.8. The Kier molecular flexibility index (Phi) is 6.27. The molecule has 2 heterocycles. The summed E-state index contributed by atoms with van der Waals surface area (Å²) >= 11 is 0. The Morgan fingerprint density at radius 2 is 1.77 bits per heavy atom. The Bertz CT molecular complexity index is 1180. The number of aromatic amines is 1. The number of carbonyl (C=O) groups excluding carboxylic acids is 1. The van der Waals surface area contributed by atoms with Gasteiger partial charge < -0.3 is 14.7 Å². The normalized spacial score (nSPS) is 15.3. The minimum Gasteiger partial charge on any atom is -0.406 e. The summed E-state index contributed by atoms with van der Waals surface area (Å²) in [5.74, 6) is -0.327. The van der Waals surface area contributed by atoms with Crippen LogP contribution in [0, 0.1) is 11.7 Å². The van der Waals surface area contributed by atoms with Crippen LogP contribution >= 0.6 is 0 Å². The number of nitrogens with one attached hydrogen (secondary N) is 1. The number of aromatic nitrogens is 2. The maximum Gasteiger partial charge on any atom is 0.362 e. The lowest BCUT2D eigenvalue weighted by Crippen LogP contribution is -2.41. The van der Waals surface area contributed by atoms with Crippen LogP contribution in [0.5, 0.6) is 0 Å². The number of hydrogen-bond donors (Lipinski definition) is 1. The number of H-pyrrole nitrogens is 1. The Hall–Kier alpha value is -3.26. The van der Waals surface area contributed by atoms with E-state index in [4.69, 9.17) is 4.84 Å². The molecule has 1 fully saturated rings. The first-order chi connectivity index (χ1) is 15.0. The molecule has 3 aromatic rings. The van der Waals surface area contributed by atoms with Gasteiger partial charge in [-0.2, -0.15) is 0 Å². The molecule has 2 aromatic carbocycles. The molecule has 0 atom stereocenters. The van der Waals surface area contributed by atoms with E-state index >= 15 is 0 Å². The summed E-state index contributed by atoms with van der Waals surface area (Å²) in [7, 11) is 0. The summed E-state index contributed by atoms with van der Waals surface area (Å²) in [6.07, 6.45) is 2.15. The molecule has 4 rings (SSSR count). The number of ketones is 1. The molecule has 0 saturated carbocycles. The van der Waals surface area contributed by atoms with E-state index < -0.39 is 11.2 Å². The molecule has 0 amide bonds. The molecule has 0 radical (unpaired) electrons. The summed E-state index contributed by atoms with van der Waals surface area (Å²) in [6, 6.07) is 12.5. The van der Waals surface area contributed by atoms with Crippen LogP contribution in [0.2, 0.25) is 0 Å². The van der Waals surface area contributed by atoms with E-state index in [1.807, 2.05) is 0 Å². The molecule has 1 aliphatic rings. The van der Waals surface area contributed by atoms with Crippen molar-refractivity contribution in [3.63, 3.8) is 0 Å². The first-order valence-electron chi connectivity index (χ1n) is 10.4. The summed E-state index contributed by atoms with van der Waals surface area (Å²) in [5.41, 5.74) is -0.0296. The minimum atomic E-state index is -0.594. The smallest absolute Gasteiger partial charge is 0.362 e. The SMILES string of the molecule is O=C(c1ccc(F)cc1)C1CCN(CCCOn2c(=O)[nH]c3ccccc3c2=O)CC1. The van der Waals surface area contributed by atoms with Gasteiger partial charge in [0.1, 0.15) is 12.4 Å². The number of fused-ring (bicyclic) bond motifs is 1. The second-order valence-corrected chi connectivity index (χ2v) is 7.75. The maximum atomic E-state index is 13.0. The highest BCUT2D eigenvalue weighted by Gasteiger charge is 2.25. The molecule has 1 aromatic heterocycles. The van der Waals surface area contributed by atoms with Gasteiger partial charge in [-0.15, -0.1) is 0 Å². The Morgan fingerprint density at radius 1 is 1.06 bits per heavy atom. The van der Waals surface area contributed by atoms with E-state index in [9.17, 15) is 18.8 Å². The molecule has 31 heavy (non-hydrogen) atoms.